The predicted octanol–water partition coefficient (Wildman–Crippen LogP) is 2.13. The Morgan fingerprint density at radius 1 is 1.09 bits per heavy atom. The van der Waals surface area contributed by atoms with E-state index in [0.29, 0.717) is 25.2 Å². The van der Waals surface area contributed by atoms with Gasteiger partial charge < -0.3 is 9.80 Å². The average Bonchev–Trinajstić information content (AvgIpc) is 2.62. The third-order valence-electron chi connectivity index (χ3n) is 4.16. The Morgan fingerprint density at radius 2 is 1.87 bits per heavy atom. The Kier molecular flexibility index (Phi) is 4.37. The smallest absolute Gasteiger partial charge is 0.255 e. The van der Waals surface area contributed by atoms with Gasteiger partial charge in [0.25, 0.3) is 5.91 Å². The van der Waals surface area contributed by atoms with Crippen molar-refractivity contribution >= 4 is 11.8 Å². The molecule has 23 heavy (non-hydrogen) atoms. The molecule has 2 heterocycles. The highest BCUT2D eigenvalue weighted by Gasteiger charge is 2.32. The lowest BCUT2D eigenvalue weighted by Crippen LogP contribution is -2.51. The summed E-state index contributed by atoms with van der Waals surface area (Å²) < 4.78 is 0. The van der Waals surface area contributed by atoms with Crippen LogP contribution in [0.2, 0.25) is 0 Å². The first kappa shape index (κ1) is 15.2. The molecule has 0 bridgehead atoms. The number of rotatable bonds is 2. The quantitative estimate of drug-likeness (QED) is 0.854. The third-order valence-corrected chi connectivity index (χ3v) is 4.16. The van der Waals surface area contributed by atoms with Crippen LogP contribution in [0.1, 0.15) is 28.9 Å². The van der Waals surface area contributed by atoms with Gasteiger partial charge >= 0.3 is 0 Å². The van der Waals surface area contributed by atoms with Gasteiger partial charge in [-0.1, -0.05) is 30.3 Å². The van der Waals surface area contributed by atoms with Crippen LogP contribution in [0.15, 0.2) is 54.9 Å². The van der Waals surface area contributed by atoms with E-state index < -0.39 is 0 Å². The van der Waals surface area contributed by atoms with Crippen LogP contribution in [0, 0.1) is 0 Å². The highest BCUT2D eigenvalue weighted by molar-refractivity contribution is 5.94. The van der Waals surface area contributed by atoms with Gasteiger partial charge in [0.2, 0.25) is 5.91 Å². The Morgan fingerprint density at radius 3 is 2.52 bits per heavy atom. The van der Waals surface area contributed by atoms with Crippen LogP contribution in [0.4, 0.5) is 0 Å². The summed E-state index contributed by atoms with van der Waals surface area (Å²) in [6.07, 6.45) is 3.23. The molecule has 3 rings (SSSR count). The predicted molar refractivity (Wildman–Crippen MR) is 86.7 cm³/mol. The molecule has 0 radical (unpaired) electrons. The number of hydrogen-bond donors (Lipinski definition) is 0. The molecule has 0 N–H and O–H groups in total. The third kappa shape index (κ3) is 3.23. The van der Waals surface area contributed by atoms with Gasteiger partial charge in [0, 0.05) is 39.0 Å². The van der Waals surface area contributed by atoms with Gasteiger partial charge in [-0.25, -0.2) is 0 Å². The molecular formula is C18H19N3O2. The lowest BCUT2D eigenvalue weighted by Gasteiger charge is -2.41. The summed E-state index contributed by atoms with van der Waals surface area (Å²) in [7, 11) is 0. The monoisotopic (exact) mass is 309 g/mol. The van der Waals surface area contributed by atoms with Crippen LogP contribution in [0.5, 0.6) is 0 Å². The molecule has 1 aliphatic heterocycles. The van der Waals surface area contributed by atoms with Gasteiger partial charge in [-0.2, -0.15) is 0 Å². The van der Waals surface area contributed by atoms with Crippen LogP contribution >= 0.6 is 0 Å². The number of piperazine rings is 1. The van der Waals surface area contributed by atoms with Crippen LogP contribution in [0.3, 0.4) is 0 Å². The van der Waals surface area contributed by atoms with E-state index in [4.69, 9.17) is 0 Å². The first-order valence-electron chi connectivity index (χ1n) is 7.68. The maximum atomic E-state index is 12.6. The van der Waals surface area contributed by atoms with Crippen LogP contribution in [-0.4, -0.2) is 46.2 Å². The maximum Gasteiger partial charge on any atom is 0.255 e. The van der Waals surface area contributed by atoms with E-state index in [1.807, 2.05) is 35.2 Å². The molecular weight excluding hydrogens is 290 g/mol. The molecule has 1 saturated heterocycles. The topological polar surface area (TPSA) is 53.5 Å². The van der Waals surface area contributed by atoms with Crippen molar-refractivity contribution in [3.63, 3.8) is 0 Å². The summed E-state index contributed by atoms with van der Waals surface area (Å²) in [5, 5.41) is 0. The van der Waals surface area contributed by atoms with E-state index >= 15 is 0 Å². The SMILES string of the molecule is CC(=O)N1CCN(C(=O)c2cccnc2)CC1c1ccccc1. The summed E-state index contributed by atoms with van der Waals surface area (Å²) in [5.74, 6) is -0.00503. The van der Waals surface area contributed by atoms with Gasteiger partial charge in [0.15, 0.2) is 0 Å². The number of carbonyl (C=O) groups excluding carboxylic acids is 2. The van der Waals surface area contributed by atoms with Gasteiger partial charge in [-0.3, -0.25) is 14.6 Å². The second-order valence-electron chi connectivity index (χ2n) is 5.63. The maximum absolute atomic E-state index is 12.6. The van der Waals surface area contributed by atoms with Gasteiger partial charge in [0.05, 0.1) is 11.6 Å². The Labute approximate surface area is 135 Å². The van der Waals surface area contributed by atoms with Crippen molar-refractivity contribution in [2.24, 2.45) is 0 Å². The lowest BCUT2D eigenvalue weighted by atomic mass is 10.0. The summed E-state index contributed by atoms with van der Waals surface area (Å²) in [4.78, 5) is 32.2. The summed E-state index contributed by atoms with van der Waals surface area (Å²) in [6, 6.07) is 13.3. The van der Waals surface area contributed by atoms with E-state index in [2.05, 4.69) is 4.98 Å². The molecule has 118 valence electrons. The molecule has 2 aromatic rings. The second-order valence-corrected chi connectivity index (χ2v) is 5.63. The molecule has 1 unspecified atom stereocenters. The molecule has 5 nitrogen and oxygen atoms in total. The van der Waals surface area contributed by atoms with Crippen molar-refractivity contribution in [2.45, 2.75) is 13.0 Å². The lowest BCUT2D eigenvalue weighted by molar-refractivity contribution is -0.133. The minimum absolute atomic E-state index is 0.0346. The van der Waals surface area contributed by atoms with Crippen LogP contribution in [0.25, 0.3) is 0 Å². The minimum Gasteiger partial charge on any atom is -0.334 e. The second kappa shape index (κ2) is 6.60. The Bertz CT molecular complexity index is 688. The highest BCUT2D eigenvalue weighted by atomic mass is 16.2. The number of amides is 2. The molecule has 1 aromatic heterocycles. The largest absolute Gasteiger partial charge is 0.334 e. The zero-order valence-electron chi connectivity index (χ0n) is 13.1. The number of benzene rings is 1. The summed E-state index contributed by atoms with van der Waals surface area (Å²) >= 11 is 0. The van der Waals surface area contributed by atoms with Crippen molar-refractivity contribution in [3.05, 3.63) is 66.0 Å². The molecule has 1 aromatic carbocycles. The van der Waals surface area contributed by atoms with Crippen molar-refractivity contribution in [1.82, 2.24) is 14.8 Å². The van der Waals surface area contributed by atoms with E-state index in [0.717, 1.165) is 5.56 Å². The van der Waals surface area contributed by atoms with Crippen LogP contribution < -0.4 is 0 Å². The van der Waals surface area contributed by atoms with E-state index in [-0.39, 0.29) is 17.9 Å². The number of carbonyl (C=O) groups is 2. The standard InChI is InChI=1S/C18H19N3O2/c1-14(22)21-11-10-20(18(23)16-8-5-9-19-12-16)13-17(21)15-6-3-2-4-7-15/h2-9,12,17H,10-11,13H2,1H3. The van der Waals surface area contributed by atoms with Crippen molar-refractivity contribution in [3.8, 4) is 0 Å². The summed E-state index contributed by atoms with van der Waals surface area (Å²) in [5.41, 5.74) is 1.63. The van der Waals surface area contributed by atoms with Crippen molar-refractivity contribution < 1.29 is 9.59 Å². The Balaban J connectivity index is 1.84. The first-order valence-corrected chi connectivity index (χ1v) is 7.68. The number of nitrogens with zero attached hydrogens (tertiary/aromatic N) is 3. The number of pyridine rings is 1. The molecule has 1 fully saturated rings. The van der Waals surface area contributed by atoms with Gasteiger partial charge in [-0.05, 0) is 17.7 Å². The van der Waals surface area contributed by atoms with E-state index in [1.165, 1.54) is 0 Å². The zero-order valence-corrected chi connectivity index (χ0v) is 13.1. The first-order chi connectivity index (χ1) is 11.2. The number of hydrogen-bond acceptors (Lipinski definition) is 3. The molecule has 0 spiro atoms. The minimum atomic E-state index is -0.108. The molecule has 1 aliphatic rings. The fraction of sp³-hybridized carbons (Fsp3) is 0.278. The molecule has 1 atom stereocenters. The summed E-state index contributed by atoms with van der Waals surface area (Å²) in [6.45, 7) is 3.16. The van der Waals surface area contributed by atoms with Crippen molar-refractivity contribution in [1.29, 1.82) is 0 Å². The number of aromatic nitrogens is 1. The zero-order chi connectivity index (χ0) is 16.2. The molecule has 2 amide bonds. The average molecular weight is 309 g/mol. The van der Waals surface area contributed by atoms with Gasteiger partial charge in [0.1, 0.15) is 0 Å². The van der Waals surface area contributed by atoms with Crippen LogP contribution in [-0.2, 0) is 4.79 Å². The molecule has 0 aliphatic carbocycles. The normalized spacial score (nSPS) is 17.9. The molecule has 5 heteroatoms. The van der Waals surface area contributed by atoms with Crippen molar-refractivity contribution in [2.75, 3.05) is 19.6 Å². The van der Waals surface area contributed by atoms with E-state index in [9.17, 15) is 9.59 Å². The fourth-order valence-corrected chi connectivity index (χ4v) is 2.98. The fourth-order valence-electron chi connectivity index (χ4n) is 2.98. The Hall–Kier alpha value is -2.69. The highest BCUT2D eigenvalue weighted by Crippen LogP contribution is 2.26. The van der Waals surface area contributed by atoms with Gasteiger partial charge in [-0.15, -0.1) is 0 Å². The van der Waals surface area contributed by atoms with E-state index in [1.54, 1.807) is 36.4 Å². The molecule has 0 saturated carbocycles.